The molecule has 0 spiro atoms. The number of carbonyl (C=O) groups excluding carboxylic acids is 2. The first-order valence-electron chi connectivity index (χ1n) is 20.4. The molecule has 0 unspecified atom stereocenters. The van der Waals surface area contributed by atoms with Gasteiger partial charge < -0.3 is 14.1 Å². The number of ketones is 2. The van der Waals surface area contributed by atoms with Crippen LogP contribution >= 0.6 is 0 Å². The molecule has 304 valence electrons. The van der Waals surface area contributed by atoms with Crippen LogP contribution < -0.4 is 11.1 Å². The molecule has 11 nitrogen and oxygen atoms in total. The fraction of sp³-hybridized carbons (Fsp3) is 0.0980. The third-order valence-corrected chi connectivity index (χ3v) is 11.0. The van der Waals surface area contributed by atoms with E-state index >= 15 is 0 Å². The second kappa shape index (κ2) is 17.6. The minimum absolute atomic E-state index is 0.0655. The molecular formula is C51H41N7O4. The average Bonchev–Trinajstić information content (AvgIpc) is 4.16. The molecule has 11 heteroatoms. The smallest absolute Gasteiger partial charge is 0.255 e. The Hall–Kier alpha value is -8.18. The molecule has 0 saturated heterocycles. The van der Waals surface area contributed by atoms with Gasteiger partial charge >= 0.3 is 0 Å². The molecule has 9 aromatic rings. The Balaban J connectivity index is 0.000000158. The number of Topliss-reactive ketones (excluding diaryl/α,β-unsaturated/α-hetero) is 2. The minimum atomic E-state index is -0.0692. The summed E-state index contributed by atoms with van der Waals surface area (Å²) in [5.74, 6) is 0.235. The molecule has 0 bridgehead atoms. The van der Waals surface area contributed by atoms with Crippen molar-refractivity contribution in [1.82, 2.24) is 33.2 Å². The number of allylic oxidation sites excluding steroid dienone is 1. The molecule has 0 aliphatic heterocycles. The van der Waals surface area contributed by atoms with E-state index in [1.807, 2.05) is 131 Å². The number of benzene rings is 4. The maximum absolute atomic E-state index is 12.6. The van der Waals surface area contributed by atoms with Crippen LogP contribution in [0.3, 0.4) is 0 Å². The normalized spacial score (nSPS) is 11.6. The molecule has 5 heterocycles. The molecule has 4 aromatic carbocycles. The highest BCUT2D eigenvalue weighted by atomic mass is 16.1. The highest BCUT2D eigenvalue weighted by Crippen LogP contribution is 2.22. The van der Waals surface area contributed by atoms with E-state index in [2.05, 4.69) is 27.1 Å². The summed E-state index contributed by atoms with van der Waals surface area (Å²) in [5.41, 5.74) is 9.96. The highest BCUT2D eigenvalue weighted by Gasteiger charge is 2.13. The van der Waals surface area contributed by atoms with Gasteiger partial charge in [-0.3, -0.25) is 28.3 Å². The quantitative estimate of drug-likeness (QED) is 0.123. The molecule has 1 aliphatic rings. The number of H-pyrrole nitrogens is 1. The molecule has 62 heavy (non-hydrogen) atoms. The van der Waals surface area contributed by atoms with E-state index in [1.54, 1.807) is 46.3 Å². The summed E-state index contributed by atoms with van der Waals surface area (Å²) in [6, 6.07) is 39.2. The van der Waals surface area contributed by atoms with Crippen LogP contribution in [-0.4, -0.2) is 44.8 Å². The second-order valence-corrected chi connectivity index (χ2v) is 15.0. The van der Waals surface area contributed by atoms with Crippen molar-refractivity contribution in [2.24, 2.45) is 0 Å². The second-order valence-electron chi connectivity index (χ2n) is 15.0. The third-order valence-electron chi connectivity index (χ3n) is 11.0. The summed E-state index contributed by atoms with van der Waals surface area (Å²) in [6.45, 7) is 0. The van der Waals surface area contributed by atoms with Gasteiger partial charge in [0.15, 0.2) is 11.6 Å². The molecule has 0 fully saturated rings. The number of pyridine rings is 2. The zero-order valence-electron chi connectivity index (χ0n) is 33.7. The number of aromatic nitrogens is 7. The van der Waals surface area contributed by atoms with Crippen molar-refractivity contribution >= 4 is 28.5 Å². The Kier molecular flexibility index (Phi) is 11.1. The number of aryl methyl sites for hydroxylation is 2. The number of imidazole rings is 2. The predicted octanol–water partition coefficient (Wildman–Crippen LogP) is 8.73. The number of hydrogen-bond acceptors (Lipinski definition) is 6. The largest absolute Gasteiger partial charge is 0.361 e. The summed E-state index contributed by atoms with van der Waals surface area (Å²) < 4.78 is 7.04. The first-order valence-corrected chi connectivity index (χ1v) is 20.4. The molecule has 5 aromatic heterocycles. The van der Waals surface area contributed by atoms with Gasteiger partial charge in [-0.15, -0.1) is 0 Å². The van der Waals surface area contributed by atoms with Crippen LogP contribution in [0.4, 0.5) is 0 Å². The lowest BCUT2D eigenvalue weighted by Gasteiger charge is -2.07. The lowest BCUT2D eigenvalue weighted by atomic mass is 10.0. The van der Waals surface area contributed by atoms with Gasteiger partial charge in [-0.05, 0) is 115 Å². The van der Waals surface area contributed by atoms with E-state index in [9.17, 15) is 19.2 Å². The van der Waals surface area contributed by atoms with E-state index in [0.29, 0.717) is 31.2 Å². The fourth-order valence-corrected chi connectivity index (χ4v) is 7.54. The van der Waals surface area contributed by atoms with Crippen LogP contribution in [0, 0.1) is 0 Å². The first kappa shape index (κ1) is 39.3. The fourth-order valence-electron chi connectivity index (χ4n) is 7.54. The molecule has 0 amide bonds. The zero-order chi connectivity index (χ0) is 42.4. The van der Waals surface area contributed by atoms with E-state index in [1.165, 1.54) is 17.7 Å². The van der Waals surface area contributed by atoms with Gasteiger partial charge in [0.2, 0.25) is 0 Å². The van der Waals surface area contributed by atoms with Gasteiger partial charge in [0, 0.05) is 95.4 Å². The average molecular weight is 816 g/mol. The Labute approximate surface area is 356 Å². The van der Waals surface area contributed by atoms with Crippen LogP contribution in [0.5, 0.6) is 0 Å². The van der Waals surface area contributed by atoms with E-state index in [4.69, 9.17) is 0 Å². The monoisotopic (exact) mass is 815 g/mol. The lowest BCUT2D eigenvalue weighted by molar-refractivity contribution is 0.0974. The van der Waals surface area contributed by atoms with Crippen LogP contribution in [0.2, 0.25) is 0 Å². The summed E-state index contributed by atoms with van der Waals surface area (Å²) in [6.07, 6.45) is 19.9. The van der Waals surface area contributed by atoms with Crippen molar-refractivity contribution in [2.75, 3.05) is 0 Å². The van der Waals surface area contributed by atoms with Gasteiger partial charge in [0.1, 0.15) is 0 Å². The summed E-state index contributed by atoms with van der Waals surface area (Å²) >= 11 is 0. The van der Waals surface area contributed by atoms with Gasteiger partial charge in [0.05, 0.1) is 24.0 Å². The van der Waals surface area contributed by atoms with Gasteiger partial charge in [-0.2, -0.15) is 0 Å². The summed E-state index contributed by atoms with van der Waals surface area (Å²) in [4.78, 5) is 61.2. The van der Waals surface area contributed by atoms with E-state index in [-0.39, 0.29) is 22.7 Å². The summed E-state index contributed by atoms with van der Waals surface area (Å²) in [5, 5.41) is 1.10. The molecule has 0 radical (unpaired) electrons. The molecule has 0 atom stereocenters. The molecular weight excluding hydrogens is 775 g/mol. The van der Waals surface area contributed by atoms with Crippen molar-refractivity contribution in [3.63, 3.8) is 0 Å². The van der Waals surface area contributed by atoms with Crippen LogP contribution in [0.1, 0.15) is 56.1 Å². The Morgan fingerprint density at radius 3 is 1.68 bits per heavy atom. The number of nitrogens with zero attached hydrogens (tertiary/aromatic N) is 6. The SMILES string of the molecule is O=C(CCc1cn(-c2ccc(-n3ccccc3=O)cc2)cn1)c1ccc2c(c1)C=CC2.O=C(CCc1cn(-c2ccc(-n3ccccc3=O)cc2)cn1)c1ccc2cc[nH]c2c1. The summed E-state index contributed by atoms with van der Waals surface area (Å²) in [7, 11) is 0. The Morgan fingerprint density at radius 1 is 0.581 bits per heavy atom. The molecule has 0 saturated carbocycles. The van der Waals surface area contributed by atoms with Crippen LogP contribution in [0.25, 0.3) is 39.7 Å². The van der Waals surface area contributed by atoms with E-state index < -0.39 is 0 Å². The van der Waals surface area contributed by atoms with E-state index in [0.717, 1.165) is 62.6 Å². The number of nitrogens with one attached hydrogen (secondary N) is 1. The van der Waals surface area contributed by atoms with Crippen LogP contribution in [-0.2, 0) is 19.3 Å². The molecule has 1 N–H and O–H groups in total. The Bertz CT molecular complexity index is 3200. The van der Waals surface area contributed by atoms with Crippen molar-refractivity contribution < 1.29 is 9.59 Å². The maximum Gasteiger partial charge on any atom is 0.255 e. The molecule has 10 rings (SSSR count). The first-order chi connectivity index (χ1) is 30.3. The maximum atomic E-state index is 12.6. The standard InChI is InChI=1S/C26H21N3O2.C25H20N4O2/c30-25(21-8-7-19-4-3-5-20(19)16-21)14-9-22-17-28(18-27-22)23-10-12-24(13-11-23)29-15-2-1-6-26(29)31;30-24(19-5-4-18-12-13-26-23(18)15-19)11-6-20-16-28(17-27-20)21-7-9-22(10-8-21)29-14-2-1-3-25(29)31/h1-3,5-8,10-13,15-18H,4,9,14H2;1-5,7-10,12-17,26H,6,11H2. The van der Waals surface area contributed by atoms with Crippen molar-refractivity contribution in [2.45, 2.75) is 32.1 Å². The Morgan fingerprint density at radius 2 is 1.11 bits per heavy atom. The van der Waals surface area contributed by atoms with Gasteiger partial charge in [0.25, 0.3) is 11.1 Å². The minimum Gasteiger partial charge on any atom is -0.361 e. The lowest BCUT2D eigenvalue weighted by Crippen LogP contribution is -2.15. The van der Waals surface area contributed by atoms with Crippen LogP contribution in [0.15, 0.2) is 187 Å². The van der Waals surface area contributed by atoms with Crippen molar-refractivity contribution in [3.8, 4) is 22.7 Å². The number of carbonyl (C=O) groups is 2. The van der Waals surface area contributed by atoms with Gasteiger partial charge in [-0.1, -0.05) is 48.6 Å². The number of aromatic amines is 1. The predicted molar refractivity (Wildman–Crippen MR) is 241 cm³/mol. The third kappa shape index (κ3) is 8.73. The number of hydrogen-bond donors (Lipinski definition) is 1. The highest BCUT2D eigenvalue weighted by molar-refractivity contribution is 5.99. The van der Waals surface area contributed by atoms with Crippen molar-refractivity contribution in [1.29, 1.82) is 0 Å². The number of fused-ring (bicyclic) bond motifs is 2. The van der Waals surface area contributed by atoms with Crippen molar-refractivity contribution in [3.05, 3.63) is 231 Å². The number of rotatable bonds is 12. The zero-order valence-corrected chi connectivity index (χ0v) is 33.7. The van der Waals surface area contributed by atoms with Gasteiger partial charge in [-0.25, -0.2) is 9.97 Å². The topological polar surface area (TPSA) is 130 Å². The molecule has 1 aliphatic carbocycles.